The van der Waals surface area contributed by atoms with E-state index in [0.29, 0.717) is 17.1 Å². The van der Waals surface area contributed by atoms with Gasteiger partial charge in [-0.1, -0.05) is 31.5 Å². The lowest BCUT2D eigenvalue weighted by Crippen LogP contribution is -2.46. The second kappa shape index (κ2) is 4.62. The van der Waals surface area contributed by atoms with E-state index < -0.39 is 0 Å². The van der Waals surface area contributed by atoms with Gasteiger partial charge >= 0.3 is 0 Å². The molecule has 88 valence electrons. The van der Waals surface area contributed by atoms with Gasteiger partial charge in [-0.3, -0.25) is 0 Å². The van der Waals surface area contributed by atoms with Gasteiger partial charge in [-0.15, -0.1) is 0 Å². The van der Waals surface area contributed by atoms with Crippen LogP contribution in [0, 0.1) is 11.8 Å². The highest BCUT2D eigenvalue weighted by atomic mass is 35.5. The fraction of sp³-hybridized carbons (Fsp3) is 0.615. The van der Waals surface area contributed by atoms with E-state index in [0.717, 1.165) is 18.3 Å². The maximum Gasteiger partial charge on any atom is 0.131 e. The van der Waals surface area contributed by atoms with E-state index in [1.807, 2.05) is 18.2 Å². The zero-order chi connectivity index (χ0) is 11.7. The van der Waals surface area contributed by atoms with E-state index in [-0.39, 0.29) is 0 Å². The molecule has 0 spiro atoms. The molecular formula is C13H19ClN2. The van der Waals surface area contributed by atoms with Gasteiger partial charge in [0.1, 0.15) is 11.0 Å². The third-order valence-corrected chi connectivity index (χ3v) is 3.80. The summed E-state index contributed by atoms with van der Waals surface area (Å²) in [6.45, 7) is 7.98. The van der Waals surface area contributed by atoms with Crippen LogP contribution in [0.5, 0.6) is 0 Å². The highest BCUT2D eigenvalue weighted by Gasteiger charge is 2.29. The molecule has 2 nitrogen and oxygen atoms in total. The first kappa shape index (κ1) is 11.7. The van der Waals surface area contributed by atoms with E-state index in [1.54, 1.807) is 0 Å². The van der Waals surface area contributed by atoms with Gasteiger partial charge in [0.05, 0.1) is 0 Å². The first-order chi connectivity index (χ1) is 7.58. The van der Waals surface area contributed by atoms with Gasteiger partial charge in [-0.25, -0.2) is 4.98 Å². The highest BCUT2D eigenvalue weighted by molar-refractivity contribution is 6.29. The van der Waals surface area contributed by atoms with Crippen LogP contribution in [0.15, 0.2) is 18.2 Å². The Labute approximate surface area is 103 Å². The molecule has 1 aliphatic rings. The molecule has 2 rings (SSSR count). The van der Waals surface area contributed by atoms with Crippen molar-refractivity contribution in [2.45, 2.75) is 33.2 Å². The standard InChI is InChI=1S/C13H19ClN2/c1-9-7-10(2)11(3)16(8-9)13-6-4-5-12(14)15-13/h4-6,9-11H,7-8H2,1-3H3. The number of aromatic nitrogens is 1. The summed E-state index contributed by atoms with van der Waals surface area (Å²) in [6, 6.07) is 6.39. The lowest BCUT2D eigenvalue weighted by atomic mass is 9.86. The first-order valence-corrected chi connectivity index (χ1v) is 6.35. The third kappa shape index (κ3) is 2.32. The number of pyridine rings is 1. The predicted octanol–water partition coefficient (Wildman–Crippen LogP) is 3.61. The van der Waals surface area contributed by atoms with E-state index in [4.69, 9.17) is 11.6 Å². The van der Waals surface area contributed by atoms with Crippen LogP contribution in [0.2, 0.25) is 5.15 Å². The van der Waals surface area contributed by atoms with Crippen LogP contribution >= 0.6 is 11.6 Å². The molecular weight excluding hydrogens is 220 g/mol. The molecule has 0 saturated carbocycles. The van der Waals surface area contributed by atoms with Crippen molar-refractivity contribution in [3.05, 3.63) is 23.4 Å². The summed E-state index contributed by atoms with van der Waals surface area (Å²) >= 11 is 5.95. The number of hydrogen-bond donors (Lipinski definition) is 0. The molecule has 1 aromatic rings. The second-order valence-corrected chi connectivity index (χ2v) is 5.42. The van der Waals surface area contributed by atoms with Crippen LogP contribution in [0.3, 0.4) is 0 Å². The fourth-order valence-corrected chi connectivity index (χ4v) is 2.73. The summed E-state index contributed by atoms with van der Waals surface area (Å²) in [7, 11) is 0. The number of nitrogens with zero attached hydrogens (tertiary/aromatic N) is 2. The molecule has 3 heteroatoms. The highest BCUT2D eigenvalue weighted by Crippen LogP contribution is 2.30. The SMILES string of the molecule is CC1CC(C)C(C)N(c2cccc(Cl)n2)C1. The zero-order valence-corrected chi connectivity index (χ0v) is 10.9. The van der Waals surface area contributed by atoms with Crippen molar-refractivity contribution in [2.24, 2.45) is 11.8 Å². The van der Waals surface area contributed by atoms with Crippen LogP contribution in [0.1, 0.15) is 27.2 Å². The maximum atomic E-state index is 5.95. The lowest BCUT2D eigenvalue weighted by Gasteiger charge is -2.41. The molecule has 16 heavy (non-hydrogen) atoms. The van der Waals surface area contributed by atoms with Crippen molar-refractivity contribution < 1.29 is 0 Å². The smallest absolute Gasteiger partial charge is 0.131 e. The van der Waals surface area contributed by atoms with Crippen molar-refractivity contribution in [1.29, 1.82) is 0 Å². The van der Waals surface area contributed by atoms with E-state index in [1.165, 1.54) is 6.42 Å². The quantitative estimate of drug-likeness (QED) is 0.695. The van der Waals surface area contributed by atoms with Gasteiger partial charge in [-0.2, -0.15) is 0 Å². The molecule has 0 amide bonds. The van der Waals surface area contributed by atoms with Crippen molar-refractivity contribution in [3.63, 3.8) is 0 Å². The molecule has 2 heterocycles. The summed E-state index contributed by atoms with van der Waals surface area (Å²) < 4.78 is 0. The summed E-state index contributed by atoms with van der Waals surface area (Å²) in [5, 5.41) is 0.579. The molecule has 0 radical (unpaired) electrons. The van der Waals surface area contributed by atoms with Crippen molar-refractivity contribution in [3.8, 4) is 0 Å². The van der Waals surface area contributed by atoms with Crippen molar-refractivity contribution in [2.75, 3.05) is 11.4 Å². The largest absolute Gasteiger partial charge is 0.353 e. The number of piperidine rings is 1. The summed E-state index contributed by atoms with van der Waals surface area (Å²) in [4.78, 5) is 6.79. The average molecular weight is 239 g/mol. The minimum absolute atomic E-state index is 0.544. The van der Waals surface area contributed by atoms with Gasteiger partial charge in [0.15, 0.2) is 0 Å². The third-order valence-electron chi connectivity index (χ3n) is 3.59. The number of halogens is 1. The molecule has 3 atom stereocenters. The van der Waals surface area contributed by atoms with E-state index in [9.17, 15) is 0 Å². The zero-order valence-electron chi connectivity index (χ0n) is 10.2. The van der Waals surface area contributed by atoms with E-state index in [2.05, 4.69) is 30.7 Å². The van der Waals surface area contributed by atoms with Gasteiger partial charge in [0, 0.05) is 12.6 Å². The van der Waals surface area contributed by atoms with Gasteiger partial charge in [-0.05, 0) is 37.3 Å². The predicted molar refractivity (Wildman–Crippen MR) is 69.0 cm³/mol. The fourth-order valence-electron chi connectivity index (χ4n) is 2.58. The molecule has 1 aromatic heterocycles. The Morgan fingerprint density at radius 1 is 1.31 bits per heavy atom. The Hall–Kier alpha value is -0.760. The molecule has 0 bridgehead atoms. The molecule has 0 aromatic carbocycles. The van der Waals surface area contributed by atoms with Crippen molar-refractivity contribution in [1.82, 2.24) is 4.98 Å². The number of rotatable bonds is 1. The molecule has 1 fully saturated rings. The van der Waals surface area contributed by atoms with Crippen LogP contribution in [-0.2, 0) is 0 Å². The maximum absolute atomic E-state index is 5.95. The number of hydrogen-bond acceptors (Lipinski definition) is 2. The van der Waals surface area contributed by atoms with Crippen molar-refractivity contribution >= 4 is 17.4 Å². The molecule has 0 N–H and O–H groups in total. The van der Waals surface area contributed by atoms with Crippen LogP contribution < -0.4 is 4.90 Å². The summed E-state index contributed by atoms with van der Waals surface area (Å²) in [5.74, 6) is 2.45. The summed E-state index contributed by atoms with van der Waals surface area (Å²) in [5.41, 5.74) is 0. The molecule has 1 saturated heterocycles. The Morgan fingerprint density at radius 2 is 2.06 bits per heavy atom. The lowest BCUT2D eigenvalue weighted by molar-refractivity contribution is 0.295. The minimum atomic E-state index is 0.544. The van der Waals surface area contributed by atoms with Crippen LogP contribution in [0.25, 0.3) is 0 Å². The van der Waals surface area contributed by atoms with E-state index >= 15 is 0 Å². The monoisotopic (exact) mass is 238 g/mol. The average Bonchev–Trinajstić information content (AvgIpc) is 2.23. The second-order valence-electron chi connectivity index (χ2n) is 5.03. The first-order valence-electron chi connectivity index (χ1n) is 5.97. The minimum Gasteiger partial charge on any atom is -0.353 e. The van der Waals surface area contributed by atoms with Crippen LogP contribution in [0.4, 0.5) is 5.82 Å². The molecule has 3 unspecified atom stereocenters. The van der Waals surface area contributed by atoms with Crippen LogP contribution in [-0.4, -0.2) is 17.6 Å². The Bertz CT molecular complexity index is 367. The topological polar surface area (TPSA) is 16.1 Å². The Kier molecular flexibility index (Phi) is 3.38. The summed E-state index contributed by atoms with van der Waals surface area (Å²) in [6.07, 6.45) is 1.30. The normalized spacial score (nSPS) is 30.5. The van der Waals surface area contributed by atoms with Gasteiger partial charge in [0.2, 0.25) is 0 Å². The Morgan fingerprint density at radius 3 is 2.75 bits per heavy atom. The number of anilines is 1. The Balaban J connectivity index is 2.25. The molecule has 1 aliphatic heterocycles. The molecule has 0 aliphatic carbocycles. The van der Waals surface area contributed by atoms with Gasteiger partial charge in [0.25, 0.3) is 0 Å². The van der Waals surface area contributed by atoms with Gasteiger partial charge < -0.3 is 4.90 Å².